The van der Waals surface area contributed by atoms with E-state index in [0.717, 1.165) is 17.1 Å². The van der Waals surface area contributed by atoms with Crippen molar-refractivity contribution in [1.82, 2.24) is 0 Å². The zero-order valence-electron chi connectivity index (χ0n) is 37.1. The largest absolute Gasteiger partial charge is 0.309 e. The molecule has 0 heterocycles. The van der Waals surface area contributed by atoms with Crippen molar-refractivity contribution in [3.63, 3.8) is 0 Å². The van der Waals surface area contributed by atoms with Crippen molar-refractivity contribution in [3.05, 3.63) is 260 Å². The Morgan fingerprint density at radius 3 is 1.55 bits per heavy atom. The van der Waals surface area contributed by atoms with E-state index in [-0.39, 0.29) is 5.41 Å². The van der Waals surface area contributed by atoms with Crippen molar-refractivity contribution >= 4 is 38.6 Å². The SMILES string of the molecule is CC1(C)c2ccccc2-c2c(-c3ccccc3N(c3ccc(-c4cc5ccccc5c5ccccc45)cc3)c3cccc(-c4ccccc4)c3-c3ccccc3-c3ccccc3)cccc21. The fourth-order valence-electron chi connectivity index (χ4n) is 10.8. The predicted molar refractivity (Wildman–Crippen MR) is 281 cm³/mol. The number of hydrogen-bond acceptors (Lipinski definition) is 1. The number of anilines is 3. The van der Waals surface area contributed by atoms with Crippen molar-refractivity contribution in [1.29, 1.82) is 0 Å². The maximum Gasteiger partial charge on any atom is 0.0546 e. The van der Waals surface area contributed by atoms with E-state index >= 15 is 0 Å². The summed E-state index contributed by atoms with van der Waals surface area (Å²) in [6.07, 6.45) is 0. The highest BCUT2D eigenvalue weighted by Gasteiger charge is 2.37. The molecule has 0 aliphatic heterocycles. The molecule has 0 unspecified atom stereocenters. The van der Waals surface area contributed by atoms with E-state index in [9.17, 15) is 0 Å². The van der Waals surface area contributed by atoms with E-state index in [2.05, 4.69) is 267 Å². The molecule has 11 aromatic carbocycles. The zero-order valence-corrected chi connectivity index (χ0v) is 37.1. The molecule has 0 aromatic heterocycles. The van der Waals surface area contributed by atoms with Crippen LogP contribution >= 0.6 is 0 Å². The van der Waals surface area contributed by atoms with E-state index in [1.165, 1.54) is 99.4 Å². The lowest BCUT2D eigenvalue weighted by Crippen LogP contribution is -2.15. The lowest BCUT2D eigenvalue weighted by atomic mass is 9.82. The molecule has 0 saturated carbocycles. The molecule has 11 aromatic rings. The van der Waals surface area contributed by atoms with Gasteiger partial charge in [0.25, 0.3) is 0 Å². The Morgan fingerprint density at radius 1 is 0.288 bits per heavy atom. The summed E-state index contributed by atoms with van der Waals surface area (Å²) in [5, 5.41) is 5.04. The second-order valence-corrected chi connectivity index (χ2v) is 18.0. The van der Waals surface area contributed by atoms with Crippen molar-refractivity contribution < 1.29 is 0 Å². The van der Waals surface area contributed by atoms with Gasteiger partial charge in [-0.25, -0.2) is 0 Å². The average Bonchev–Trinajstić information content (AvgIpc) is 3.63. The van der Waals surface area contributed by atoms with E-state index in [4.69, 9.17) is 0 Å². The Morgan fingerprint density at radius 2 is 0.788 bits per heavy atom. The molecule has 12 rings (SSSR count). The molecule has 0 atom stereocenters. The molecule has 312 valence electrons. The van der Waals surface area contributed by atoms with Gasteiger partial charge in [0.05, 0.1) is 11.4 Å². The summed E-state index contributed by atoms with van der Waals surface area (Å²) in [5.41, 5.74) is 20.4. The van der Waals surface area contributed by atoms with Crippen molar-refractivity contribution in [2.24, 2.45) is 0 Å². The molecular weight excluding hydrogens is 795 g/mol. The number of fused-ring (bicyclic) bond motifs is 6. The molecular formula is C65H47N. The molecule has 1 heteroatoms. The highest BCUT2D eigenvalue weighted by atomic mass is 15.1. The second-order valence-electron chi connectivity index (χ2n) is 18.0. The van der Waals surface area contributed by atoms with Crippen molar-refractivity contribution in [2.45, 2.75) is 19.3 Å². The third-order valence-corrected chi connectivity index (χ3v) is 13.9. The van der Waals surface area contributed by atoms with Gasteiger partial charge in [-0.1, -0.05) is 232 Å². The Kier molecular flexibility index (Phi) is 9.58. The Bertz CT molecular complexity index is 3600. The number of para-hydroxylation sites is 1. The van der Waals surface area contributed by atoms with Crippen LogP contribution in [0.2, 0.25) is 0 Å². The molecule has 66 heavy (non-hydrogen) atoms. The van der Waals surface area contributed by atoms with Crippen LogP contribution in [0.15, 0.2) is 249 Å². The first-order valence-corrected chi connectivity index (χ1v) is 23.0. The summed E-state index contributed by atoms with van der Waals surface area (Å²) in [7, 11) is 0. The van der Waals surface area contributed by atoms with Crippen LogP contribution in [0.4, 0.5) is 17.1 Å². The Hall–Kier alpha value is -8.26. The highest BCUT2D eigenvalue weighted by Crippen LogP contribution is 2.55. The Balaban J connectivity index is 1.14. The maximum absolute atomic E-state index is 2.52. The lowest BCUT2D eigenvalue weighted by Gasteiger charge is -2.32. The molecule has 1 aliphatic rings. The third kappa shape index (κ3) is 6.46. The molecule has 1 nitrogen and oxygen atoms in total. The minimum Gasteiger partial charge on any atom is -0.309 e. The minimum atomic E-state index is -0.127. The summed E-state index contributed by atoms with van der Waals surface area (Å²) < 4.78 is 0. The third-order valence-electron chi connectivity index (χ3n) is 13.9. The van der Waals surface area contributed by atoms with Crippen LogP contribution in [0.1, 0.15) is 25.0 Å². The highest BCUT2D eigenvalue weighted by molar-refractivity contribution is 6.14. The van der Waals surface area contributed by atoms with Gasteiger partial charge in [0.2, 0.25) is 0 Å². The number of rotatable bonds is 8. The average molecular weight is 842 g/mol. The molecule has 0 amide bonds. The first-order chi connectivity index (χ1) is 32.5. The predicted octanol–water partition coefficient (Wildman–Crippen LogP) is 18.1. The fraction of sp³-hybridized carbons (Fsp3) is 0.0462. The fourth-order valence-corrected chi connectivity index (χ4v) is 10.8. The quantitative estimate of drug-likeness (QED) is 0.138. The van der Waals surface area contributed by atoms with Crippen LogP contribution < -0.4 is 4.90 Å². The topological polar surface area (TPSA) is 3.24 Å². The number of benzene rings is 11. The lowest BCUT2D eigenvalue weighted by molar-refractivity contribution is 0.660. The van der Waals surface area contributed by atoms with E-state index in [1.807, 2.05) is 0 Å². The second kappa shape index (κ2) is 16.1. The monoisotopic (exact) mass is 841 g/mol. The van der Waals surface area contributed by atoms with E-state index < -0.39 is 0 Å². The van der Waals surface area contributed by atoms with E-state index in [0.29, 0.717) is 0 Å². The van der Waals surface area contributed by atoms with Crippen LogP contribution in [0.3, 0.4) is 0 Å². The molecule has 0 radical (unpaired) electrons. The number of hydrogen-bond donors (Lipinski definition) is 0. The minimum absolute atomic E-state index is 0.127. The normalized spacial score (nSPS) is 12.5. The van der Waals surface area contributed by atoms with Crippen molar-refractivity contribution in [3.8, 4) is 66.8 Å². The maximum atomic E-state index is 2.52. The number of nitrogens with zero attached hydrogens (tertiary/aromatic N) is 1. The smallest absolute Gasteiger partial charge is 0.0546 e. The molecule has 0 N–H and O–H groups in total. The summed E-state index contributed by atoms with van der Waals surface area (Å²) >= 11 is 0. The molecule has 0 bridgehead atoms. The van der Waals surface area contributed by atoms with Gasteiger partial charge in [-0.3, -0.25) is 0 Å². The molecule has 1 aliphatic carbocycles. The van der Waals surface area contributed by atoms with Crippen LogP contribution in [0, 0.1) is 0 Å². The first-order valence-electron chi connectivity index (χ1n) is 23.0. The van der Waals surface area contributed by atoms with Gasteiger partial charge in [0.15, 0.2) is 0 Å². The standard InChI is InChI=1S/C65H47N/c1-65(2)59-35-17-15-32-57(59)63-56(34-19-36-60(63)65)54-30-16-18-37-61(54)66(48-41-39-46(40-42-48)58-43-47-25-9-10-27-50(47)52-28-12-13-29-53(52)58)62-38-20-33-51(45-23-7-4-8-24-45)64(62)55-31-14-11-26-49(55)44-21-5-3-6-22-44/h3-43H,1-2H3. The van der Waals surface area contributed by atoms with Crippen LogP contribution in [-0.4, -0.2) is 0 Å². The zero-order chi connectivity index (χ0) is 44.2. The van der Waals surface area contributed by atoms with Gasteiger partial charge in [-0.15, -0.1) is 0 Å². The van der Waals surface area contributed by atoms with Gasteiger partial charge >= 0.3 is 0 Å². The van der Waals surface area contributed by atoms with Gasteiger partial charge in [0, 0.05) is 22.2 Å². The summed E-state index contributed by atoms with van der Waals surface area (Å²) in [4.78, 5) is 2.52. The van der Waals surface area contributed by atoms with Crippen LogP contribution in [0.5, 0.6) is 0 Å². The Labute approximate surface area is 387 Å². The van der Waals surface area contributed by atoms with Gasteiger partial charge in [0.1, 0.15) is 0 Å². The molecule has 0 spiro atoms. The van der Waals surface area contributed by atoms with Crippen molar-refractivity contribution in [2.75, 3.05) is 4.90 Å². The molecule has 0 saturated heterocycles. The summed E-state index contributed by atoms with van der Waals surface area (Å²) in [6, 6.07) is 91.6. The molecule has 0 fully saturated rings. The van der Waals surface area contributed by atoms with Crippen LogP contribution in [-0.2, 0) is 5.41 Å². The summed E-state index contributed by atoms with van der Waals surface area (Å²) in [5.74, 6) is 0. The van der Waals surface area contributed by atoms with E-state index in [1.54, 1.807) is 0 Å². The van der Waals surface area contributed by atoms with Crippen LogP contribution in [0.25, 0.3) is 88.3 Å². The van der Waals surface area contributed by atoms with Gasteiger partial charge in [-0.2, -0.15) is 0 Å². The van der Waals surface area contributed by atoms with Gasteiger partial charge in [-0.05, 0) is 119 Å². The van der Waals surface area contributed by atoms with Gasteiger partial charge < -0.3 is 4.90 Å². The first kappa shape index (κ1) is 39.3. The summed E-state index contributed by atoms with van der Waals surface area (Å²) in [6.45, 7) is 4.73.